The number of benzene rings is 1. The van der Waals surface area contributed by atoms with Crippen LogP contribution < -0.4 is 5.73 Å². The Morgan fingerprint density at radius 2 is 2.12 bits per heavy atom. The molecule has 0 aromatic heterocycles. The zero-order chi connectivity index (χ0) is 17.8. The molecule has 2 aliphatic rings. The number of amides is 1. The van der Waals surface area contributed by atoms with Crippen LogP contribution in [0.5, 0.6) is 0 Å². The van der Waals surface area contributed by atoms with Gasteiger partial charge in [0.2, 0.25) is 5.91 Å². The van der Waals surface area contributed by atoms with E-state index in [1.165, 1.54) is 6.07 Å². The van der Waals surface area contributed by atoms with Crippen LogP contribution in [0, 0.1) is 11.7 Å². The second kappa shape index (κ2) is 8.28. The molecule has 2 N–H and O–H groups in total. The SMILES string of the molecule is CC(N)C1CCCCN1C(=O)C1CCCN(Cc2cccc(F)c2)C1. The highest BCUT2D eigenvalue weighted by Gasteiger charge is 2.35. The monoisotopic (exact) mass is 347 g/mol. The Hall–Kier alpha value is -1.46. The van der Waals surface area contributed by atoms with Crippen molar-refractivity contribution in [2.45, 2.75) is 57.7 Å². The Morgan fingerprint density at radius 3 is 2.88 bits per heavy atom. The van der Waals surface area contributed by atoms with Crippen molar-refractivity contribution < 1.29 is 9.18 Å². The quantitative estimate of drug-likeness (QED) is 0.911. The molecule has 2 saturated heterocycles. The van der Waals surface area contributed by atoms with Crippen LogP contribution in [0.1, 0.15) is 44.6 Å². The lowest BCUT2D eigenvalue weighted by molar-refractivity contribution is -0.141. The highest BCUT2D eigenvalue weighted by Crippen LogP contribution is 2.26. The molecule has 0 saturated carbocycles. The molecule has 3 rings (SSSR count). The number of carbonyl (C=O) groups excluding carboxylic acids is 1. The Balaban J connectivity index is 1.63. The van der Waals surface area contributed by atoms with Gasteiger partial charge < -0.3 is 10.6 Å². The fraction of sp³-hybridized carbons (Fsp3) is 0.650. The van der Waals surface area contributed by atoms with Crippen molar-refractivity contribution in [3.63, 3.8) is 0 Å². The molecule has 138 valence electrons. The van der Waals surface area contributed by atoms with Gasteiger partial charge in [-0.1, -0.05) is 12.1 Å². The van der Waals surface area contributed by atoms with Gasteiger partial charge in [0.1, 0.15) is 5.82 Å². The summed E-state index contributed by atoms with van der Waals surface area (Å²) < 4.78 is 13.4. The Bertz CT molecular complexity index is 592. The third kappa shape index (κ3) is 4.59. The molecule has 2 aliphatic heterocycles. The van der Waals surface area contributed by atoms with Crippen LogP contribution in [0.2, 0.25) is 0 Å². The van der Waals surface area contributed by atoms with Gasteiger partial charge >= 0.3 is 0 Å². The first-order valence-electron chi connectivity index (χ1n) is 9.57. The van der Waals surface area contributed by atoms with Crippen LogP contribution in [0.4, 0.5) is 4.39 Å². The summed E-state index contributed by atoms with van der Waals surface area (Å²) >= 11 is 0. The van der Waals surface area contributed by atoms with Gasteiger partial charge in [-0.05, 0) is 63.3 Å². The van der Waals surface area contributed by atoms with Crippen molar-refractivity contribution in [2.24, 2.45) is 11.7 Å². The van der Waals surface area contributed by atoms with Gasteiger partial charge in [-0.3, -0.25) is 9.69 Å². The molecule has 5 heteroatoms. The first kappa shape index (κ1) is 18.3. The molecule has 3 atom stereocenters. The first-order chi connectivity index (χ1) is 12.0. The number of likely N-dealkylation sites (tertiary alicyclic amines) is 2. The zero-order valence-electron chi connectivity index (χ0n) is 15.2. The smallest absolute Gasteiger partial charge is 0.227 e. The van der Waals surface area contributed by atoms with E-state index in [1.807, 2.05) is 17.9 Å². The number of hydrogen-bond donors (Lipinski definition) is 1. The topological polar surface area (TPSA) is 49.6 Å². The Morgan fingerprint density at radius 1 is 1.28 bits per heavy atom. The summed E-state index contributed by atoms with van der Waals surface area (Å²) in [6, 6.07) is 6.96. The third-order valence-corrected chi connectivity index (χ3v) is 5.59. The standard InChI is InChI=1S/C20H30FN3O/c1-15(22)19-9-2-3-11-24(19)20(25)17-7-5-10-23(14-17)13-16-6-4-8-18(21)12-16/h4,6,8,12,15,17,19H,2-3,5,7,9-11,13-14,22H2,1H3. The number of piperidine rings is 2. The van der Waals surface area contributed by atoms with Crippen LogP contribution in [-0.4, -0.2) is 47.4 Å². The molecule has 0 bridgehead atoms. The molecule has 4 nitrogen and oxygen atoms in total. The lowest BCUT2D eigenvalue weighted by Gasteiger charge is -2.42. The molecular weight excluding hydrogens is 317 g/mol. The van der Waals surface area contributed by atoms with Gasteiger partial charge in [0.25, 0.3) is 0 Å². The van der Waals surface area contributed by atoms with Crippen molar-refractivity contribution >= 4 is 5.91 Å². The summed E-state index contributed by atoms with van der Waals surface area (Å²) in [5, 5.41) is 0. The van der Waals surface area contributed by atoms with E-state index < -0.39 is 0 Å². The van der Waals surface area contributed by atoms with Crippen LogP contribution in [0.15, 0.2) is 24.3 Å². The Labute approximate surface area is 150 Å². The summed E-state index contributed by atoms with van der Waals surface area (Å²) in [4.78, 5) is 17.4. The minimum absolute atomic E-state index is 0.0243. The van der Waals surface area contributed by atoms with Gasteiger partial charge in [-0.2, -0.15) is 0 Å². The first-order valence-corrected chi connectivity index (χ1v) is 9.57. The molecule has 1 aromatic carbocycles. The van der Waals surface area contributed by atoms with Gasteiger partial charge in [0.05, 0.1) is 5.92 Å². The van der Waals surface area contributed by atoms with Gasteiger partial charge in [0, 0.05) is 31.7 Å². The predicted octanol–water partition coefficient (Wildman–Crippen LogP) is 2.77. The highest BCUT2D eigenvalue weighted by atomic mass is 19.1. The normalized spacial score (nSPS) is 26.4. The van der Waals surface area contributed by atoms with Crippen molar-refractivity contribution in [2.75, 3.05) is 19.6 Å². The number of nitrogens with zero attached hydrogens (tertiary/aromatic N) is 2. The maximum Gasteiger partial charge on any atom is 0.227 e. The number of halogens is 1. The second-order valence-electron chi connectivity index (χ2n) is 7.66. The number of nitrogens with two attached hydrogens (primary N) is 1. The number of rotatable bonds is 4. The minimum Gasteiger partial charge on any atom is -0.338 e. The van der Waals surface area contributed by atoms with E-state index in [0.29, 0.717) is 6.54 Å². The second-order valence-corrected chi connectivity index (χ2v) is 7.66. The summed E-state index contributed by atoms with van der Waals surface area (Å²) in [5.74, 6) is 0.114. The van der Waals surface area contributed by atoms with Crippen LogP contribution >= 0.6 is 0 Å². The molecular formula is C20H30FN3O. The fourth-order valence-corrected chi connectivity index (χ4v) is 4.31. The third-order valence-electron chi connectivity index (χ3n) is 5.59. The molecule has 0 radical (unpaired) electrons. The average molecular weight is 347 g/mol. The van der Waals surface area contributed by atoms with Crippen molar-refractivity contribution in [3.8, 4) is 0 Å². The molecule has 3 unspecified atom stereocenters. The number of carbonyl (C=O) groups is 1. The maximum atomic E-state index is 13.4. The Kier molecular flexibility index (Phi) is 6.07. The summed E-state index contributed by atoms with van der Waals surface area (Å²) in [6.45, 7) is 5.28. The average Bonchev–Trinajstić information content (AvgIpc) is 2.61. The maximum absolute atomic E-state index is 13.4. The van der Waals surface area contributed by atoms with Crippen molar-refractivity contribution in [1.82, 2.24) is 9.80 Å². The lowest BCUT2D eigenvalue weighted by atomic mass is 9.91. The lowest BCUT2D eigenvalue weighted by Crippen LogP contribution is -2.55. The summed E-state index contributed by atoms with van der Waals surface area (Å²) in [5.41, 5.74) is 7.10. The molecule has 0 spiro atoms. The van der Waals surface area contributed by atoms with Crippen molar-refractivity contribution in [1.29, 1.82) is 0 Å². The molecule has 25 heavy (non-hydrogen) atoms. The van der Waals surface area contributed by atoms with E-state index in [4.69, 9.17) is 5.73 Å². The van der Waals surface area contributed by atoms with Gasteiger partial charge in [0.15, 0.2) is 0 Å². The van der Waals surface area contributed by atoms with E-state index in [-0.39, 0.29) is 29.7 Å². The van der Waals surface area contributed by atoms with E-state index >= 15 is 0 Å². The molecule has 2 heterocycles. The van der Waals surface area contributed by atoms with Crippen LogP contribution in [0.3, 0.4) is 0 Å². The van der Waals surface area contributed by atoms with Gasteiger partial charge in [-0.15, -0.1) is 0 Å². The number of hydrogen-bond acceptors (Lipinski definition) is 3. The molecule has 1 aromatic rings. The van der Waals surface area contributed by atoms with Gasteiger partial charge in [-0.25, -0.2) is 4.39 Å². The van der Waals surface area contributed by atoms with E-state index in [9.17, 15) is 9.18 Å². The predicted molar refractivity (Wildman–Crippen MR) is 97.4 cm³/mol. The van der Waals surface area contributed by atoms with E-state index in [0.717, 1.165) is 57.3 Å². The van der Waals surface area contributed by atoms with Crippen LogP contribution in [-0.2, 0) is 11.3 Å². The molecule has 0 aliphatic carbocycles. The van der Waals surface area contributed by atoms with E-state index in [2.05, 4.69) is 4.90 Å². The van der Waals surface area contributed by atoms with Crippen molar-refractivity contribution in [3.05, 3.63) is 35.6 Å². The highest BCUT2D eigenvalue weighted by molar-refractivity contribution is 5.79. The molecule has 2 fully saturated rings. The van der Waals surface area contributed by atoms with Crippen LogP contribution in [0.25, 0.3) is 0 Å². The minimum atomic E-state index is -0.199. The summed E-state index contributed by atoms with van der Waals surface area (Å²) in [7, 11) is 0. The molecule has 1 amide bonds. The summed E-state index contributed by atoms with van der Waals surface area (Å²) in [6.07, 6.45) is 5.22. The fourth-order valence-electron chi connectivity index (χ4n) is 4.31. The van der Waals surface area contributed by atoms with E-state index in [1.54, 1.807) is 12.1 Å². The largest absolute Gasteiger partial charge is 0.338 e. The zero-order valence-corrected chi connectivity index (χ0v) is 15.2.